The van der Waals surface area contributed by atoms with Crippen LogP contribution in [0, 0.1) is 0 Å². The van der Waals surface area contributed by atoms with Gasteiger partial charge in [-0.2, -0.15) is 39.5 Å². The van der Waals surface area contributed by atoms with Crippen molar-refractivity contribution < 1.29 is 43.9 Å². The first-order chi connectivity index (χ1) is 7.62. The minimum atomic E-state index is -5.45. The predicted octanol–water partition coefficient (Wildman–Crippen LogP) is 5.97. The Morgan fingerprint density at radius 2 is 0.778 bits per heavy atom. The second kappa shape index (κ2) is 5.99. The van der Waals surface area contributed by atoms with Crippen LogP contribution < -0.4 is 0 Å². The van der Waals surface area contributed by atoms with Gasteiger partial charge in [0.15, 0.2) is 0 Å². The normalized spacial score (nSPS) is 15.0. The molecule has 18 heavy (non-hydrogen) atoms. The molecule has 0 fully saturated rings. The van der Waals surface area contributed by atoms with Crippen LogP contribution in [0.3, 0.4) is 0 Å². The van der Waals surface area contributed by atoms with Crippen LogP contribution >= 0.6 is 45.1 Å². The average molecular weight is 366 g/mol. The Balaban J connectivity index is 4.81. The molecule has 0 saturated carbocycles. The second-order valence-electron chi connectivity index (χ2n) is 2.19. The minimum Gasteiger partial charge on any atom is -0.206 e. The van der Waals surface area contributed by atoms with Gasteiger partial charge in [0.05, 0.1) is 0 Å². The summed E-state index contributed by atoms with van der Waals surface area (Å²) in [5, 5.41) is 0. The number of alkyl halides is 10. The van der Waals surface area contributed by atoms with E-state index in [1.807, 2.05) is 0 Å². The SMILES string of the molecule is FC(F)(F)SSC(F)(SC(F)(F)F)SC(F)(F)F. The molecule has 0 heterocycles. The summed E-state index contributed by atoms with van der Waals surface area (Å²) in [6, 6.07) is 0. The summed E-state index contributed by atoms with van der Waals surface area (Å²) < 4.78 is 115. The minimum absolute atomic E-state index is 1.20. The smallest absolute Gasteiger partial charge is 0.206 e. The Kier molecular flexibility index (Phi) is 6.23. The van der Waals surface area contributed by atoms with Crippen molar-refractivity contribution in [2.75, 3.05) is 0 Å². The summed E-state index contributed by atoms with van der Waals surface area (Å²) in [6.45, 7) is 0. The van der Waals surface area contributed by atoms with Crippen LogP contribution in [0.5, 0.6) is 0 Å². The molecule has 14 heteroatoms. The molecule has 0 aliphatic rings. The first-order valence-corrected chi connectivity index (χ1v) is 7.06. The van der Waals surface area contributed by atoms with Crippen LogP contribution in [0.1, 0.15) is 0 Å². The number of thioether (sulfide) groups is 2. The summed E-state index contributed by atoms with van der Waals surface area (Å²) in [7, 11) is -2.58. The Morgan fingerprint density at radius 3 is 1.00 bits per heavy atom. The highest BCUT2D eigenvalue weighted by atomic mass is 33.1. The van der Waals surface area contributed by atoms with E-state index in [0.717, 1.165) is 0 Å². The monoisotopic (exact) mass is 366 g/mol. The molecule has 0 aliphatic heterocycles. The van der Waals surface area contributed by atoms with Gasteiger partial charge in [-0.1, -0.05) is 0 Å². The van der Waals surface area contributed by atoms with Crippen molar-refractivity contribution in [2.45, 2.75) is 20.2 Å². The van der Waals surface area contributed by atoms with Crippen molar-refractivity contribution in [3.8, 4) is 0 Å². The van der Waals surface area contributed by atoms with E-state index in [-0.39, 0.29) is 0 Å². The molecule has 0 aliphatic carbocycles. The van der Waals surface area contributed by atoms with Gasteiger partial charge in [-0.25, -0.2) is 4.39 Å². The van der Waals surface area contributed by atoms with Crippen molar-refractivity contribution in [3.05, 3.63) is 0 Å². The van der Waals surface area contributed by atoms with Gasteiger partial charge >= 0.3 is 16.5 Å². The highest BCUT2D eigenvalue weighted by Gasteiger charge is 2.54. The van der Waals surface area contributed by atoms with E-state index in [9.17, 15) is 43.9 Å². The number of hydrogen-bond acceptors (Lipinski definition) is 4. The van der Waals surface area contributed by atoms with Crippen LogP contribution in [0.15, 0.2) is 0 Å². The lowest BCUT2D eigenvalue weighted by atomic mass is 11.5. The maximum Gasteiger partial charge on any atom is 0.452 e. The zero-order chi connectivity index (χ0) is 14.8. The number of halogens is 10. The molecule has 0 radical (unpaired) electrons. The topological polar surface area (TPSA) is 0 Å². The van der Waals surface area contributed by atoms with E-state index in [4.69, 9.17) is 0 Å². The van der Waals surface area contributed by atoms with Gasteiger partial charge < -0.3 is 0 Å². The molecule has 0 atom stereocenters. The van der Waals surface area contributed by atoms with Gasteiger partial charge in [-0.05, 0) is 10.8 Å². The van der Waals surface area contributed by atoms with Crippen LogP contribution in [-0.2, 0) is 0 Å². The zero-order valence-corrected chi connectivity index (χ0v) is 10.7. The lowest BCUT2D eigenvalue weighted by Crippen LogP contribution is -2.21. The van der Waals surface area contributed by atoms with Gasteiger partial charge in [0, 0.05) is 34.3 Å². The molecule has 0 aromatic heterocycles. The first kappa shape index (κ1) is 18.7. The third-order valence-electron chi connectivity index (χ3n) is 0.711. The lowest BCUT2D eigenvalue weighted by Gasteiger charge is -2.24. The van der Waals surface area contributed by atoms with Crippen molar-refractivity contribution in [1.82, 2.24) is 0 Å². The molecule has 110 valence electrons. The highest BCUT2D eigenvalue weighted by molar-refractivity contribution is 8.81. The predicted molar refractivity (Wildman–Crippen MR) is 52.4 cm³/mol. The maximum absolute atomic E-state index is 13.2. The van der Waals surface area contributed by atoms with E-state index in [1.165, 1.54) is 0 Å². The second-order valence-corrected chi connectivity index (χ2v) is 7.78. The van der Waals surface area contributed by atoms with Crippen LogP contribution in [0.2, 0.25) is 0 Å². The van der Waals surface area contributed by atoms with E-state index >= 15 is 0 Å². The summed E-state index contributed by atoms with van der Waals surface area (Å²) in [5.74, 6) is 0. The van der Waals surface area contributed by atoms with E-state index in [2.05, 4.69) is 0 Å². The summed E-state index contributed by atoms with van der Waals surface area (Å²) in [6.07, 6.45) is 0. The molecule has 0 saturated heterocycles. The first-order valence-electron chi connectivity index (χ1n) is 3.28. The van der Waals surface area contributed by atoms with Crippen molar-refractivity contribution in [1.29, 1.82) is 0 Å². The maximum atomic E-state index is 13.2. The fourth-order valence-electron chi connectivity index (χ4n) is 0.428. The summed E-state index contributed by atoms with van der Waals surface area (Å²) in [4.78, 5) is 0. The van der Waals surface area contributed by atoms with Crippen LogP contribution in [0.25, 0.3) is 0 Å². The molecule has 0 nitrogen and oxygen atoms in total. The Labute approximate surface area is 109 Å². The molecule has 0 unspecified atom stereocenters. The molecule has 0 bridgehead atoms. The van der Waals surface area contributed by atoms with Gasteiger partial charge in [-0.15, -0.1) is 0 Å². The van der Waals surface area contributed by atoms with Gasteiger partial charge in [0.1, 0.15) is 0 Å². The van der Waals surface area contributed by atoms with Crippen LogP contribution in [-0.4, -0.2) is 20.2 Å². The zero-order valence-electron chi connectivity index (χ0n) is 7.41. The van der Waals surface area contributed by atoms with E-state index in [1.54, 1.807) is 0 Å². The lowest BCUT2D eigenvalue weighted by molar-refractivity contribution is -0.0369. The van der Waals surface area contributed by atoms with Crippen molar-refractivity contribution in [2.24, 2.45) is 0 Å². The number of rotatable bonds is 4. The van der Waals surface area contributed by atoms with Gasteiger partial charge in [0.2, 0.25) is 0 Å². The molecule has 0 rings (SSSR count). The van der Waals surface area contributed by atoms with Crippen molar-refractivity contribution >= 4 is 45.1 Å². The number of hydrogen-bond donors (Lipinski definition) is 0. The Morgan fingerprint density at radius 1 is 0.444 bits per heavy atom. The van der Waals surface area contributed by atoms with Gasteiger partial charge in [0.25, 0.3) is 3.66 Å². The Bertz CT molecular complexity index is 249. The fourth-order valence-corrected chi connectivity index (χ4v) is 4.55. The summed E-state index contributed by atoms with van der Waals surface area (Å²) >= 11 is -3.62. The molecule has 0 aromatic carbocycles. The molecule has 0 aromatic rings. The molecule has 0 N–H and O–H groups in total. The fraction of sp³-hybridized carbons (Fsp3) is 1.00. The van der Waals surface area contributed by atoms with E-state index in [0.29, 0.717) is 0 Å². The molecule has 0 spiro atoms. The summed E-state index contributed by atoms with van der Waals surface area (Å²) in [5.41, 5.74) is -16.1. The van der Waals surface area contributed by atoms with Crippen molar-refractivity contribution in [3.63, 3.8) is 0 Å². The van der Waals surface area contributed by atoms with Gasteiger partial charge in [-0.3, -0.25) is 0 Å². The standard InChI is InChI=1S/C4F10S4/c5-1(6,7)15-4(14,16-2(8,9)10)18-17-3(11,12)13. The molecular weight excluding hydrogens is 366 g/mol. The molecular formula is C4F10S4. The Hall–Kier alpha value is 0.700. The largest absolute Gasteiger partial charge is 0.452 e. The average Bonchev–Trinajstić information content (AvgIpc) is 1.91. The molecule has 0 amide bonds. The van der Waals surface area contributed by atoms with Crippen LogP contribution in [0.4, 0.5) is 43.9 Å². The third-order valence-corrected chi connectivity index (χ3v) is 5.77. The van der Waals surface area contributed by atoms with E-state index < -0.39 is 65.3 Å². The quantitative estimate of drug-likeness (QED) is 0.341. The highest BCUT2D eigenvalue weighted by Crippen LogP contribution is 2.63. The third kappa shape index (κ3) is 10.6.